The number of carbonyl (C=O) groups is 1. The number of hydrazine groups is 1. The Morgan fingerprint density at radius 3 is 2.65 bits per heavy atom. The first kappa shape index (κ1) is 19.2. The van der Waals surface area contributed by atoms with Gasteiger partial charge < -0.3 is 4.90 Å². The van der Waals surface area contributed by atoms with Gasteiger partial charge >= 0.3 is 0 Å². The summed E-state index contributed by atoms with van der Waals surface area (Å²) in [4.78, 5) is 14.2. The molecule has 1 amide bonds. The molecule has 2 aromatic rings. The van der Waals surface area contributed by atoms with Gasteiger partial charge in [0.05, 0.1) is 10.6 Å². The Bertz CT molecular complexity index is 754. The molecule has 3 rings (SSSR count). The topological polar surface area (TPSA) is 44.4 Å². The molecule has 6 heteroatoms. The first-order chi connectivity index (χ1) is 12.5. The zero-order valence-corrected chi connectivity index (χ0v) is 16.2. The maximum absolute atomic E-state index is 12.5. The van der Waals surface area contributed by atoms with E-state index in [2.05, 4.69) is 35.1 Å². The van der Waals surface area contributed by atoms with Gasteiger partial charge in [0.1, 0.15) is 0 Å². The van der Waals surface area contributed by atoms with E-state index in [-0.39, 0.29) is 5.91 Å². The predicted octanol–water partition coefficient (Wildman–Crippen LogP) is 4.45. The van der Waals surface area contributed by atoms with E-state index in [4.69, 9.17) is 23.2 Å². The van der Waals surface area contributed by atoms with E-state index in [1.165, 1.54) is 5.56 Å². The molecule has 0 aliphatic carbocycles. The fraction of sp³-hybridized carbons (Fsp3) is 0.350. The van der Waals surface area contributed by atoms with Crippen molar-refractivity contribution in [2.24, 2.45) is 0 Å². The van der Waals surface area contributed by atoms with E-state index < -0.39 is 0 Å². The molecular formula is C20H23Cl2N3O. The number of hydrogen-bond acceptors (Lipinski definition) is 3. The quantitative estimate of drug-likeness (QED) is 0.763. The summed E-state index contributed by atoms with van der Waals surface area (Å²) in [7, 11) is 1.81. The minimum Gasteiger partial charge on any atom is -0.342 e. The predicted molar refractivity (Wildman–Crippen MR) is 107 cm³/mol. The normalized spacial score (nSPS) is 19.5. The van der Waals surface area contributed by atoms with Gasteiger partial charge in [0.25, 0.3) is 5.91 Å². The van der Waals surface area contributed by atoms with Gasteiger partial charge in [-0.25, -0.2) is 0 Å². The molecule has 1 saturated heterocycles. The van der Waals surface area contributed by atoms with Crippen molar-refractivity contribution >= 4 is 29.1 Å². The van der Waals surface area contributed by atoms with Gasteiger partial charge in [-0.15, -0.1) is 0 Å². The molecule has 0 saturated carbocycles. The van der Waals surface area contributed by atoms with Gasteiger partial charge in [0.15, 0.2) is 0 Å². The van der Waals surface area contributed by atoms with Gasteiger partial charge in [-0.1, -0.05) is 53.5 Å². The van der Waals surface area contributed by atoms with E-state index in [1.807, 2.05) is 6.07 Å². The Labute approximate surface area is 164 Å². The molecular weight excluding hydrogens is 369 g/mol. The first-order valence-corrected chi connectivity index (χ1v) is 9.56. The average Bonchev–Trinajstić information content (AvgIpc) is 3.11. The Morgan fingerprint density at radius 2 is 1.92 bits per heavy atom. The fourth-order valence-electron chi connectivity index (χ4n) is 3.26. The number of nitrogens with zero attached hydrogens (tertiary/aromatic N) is 1. The summed E-state index contributed by atoms with van der Waals surface area (Å²) in [6, 6.07) is 16.2. The van der Waals surface area contributed by atoms with Crippen LogP contribution in [0.15, 0.2) is 48.5 Å². The number of rotatable bonds is 6. The minimum atomic E-state index is -0.0775. The van der Waals surface area contributed by atoms with Gasteiger partial charge in [-0.3, -0.25) is 15.6 Å². The van der Waals surface area contributed by atoms with E-state index >= 15 is 0 Å². The summed E-state index contributed by atoms with van der Waals surface area (Å²) in [5.41, 5.74) is 8.52. The summed E-state index contributed by atoms with van der Waals surface area (Å²) in [6.45, 7) is 0.686. The molecule has 1 aliphatic heterocycles. The second-order valence-electron chi connectivity index (χ2n) is 6.68. The van der Waals surface area contributed by atoms with Crippen LogP contribution in [0.3, 0.4) is 0 Å². The molecule has 0 bridgehead atoms. The van der Waals surface area contributed by atoms with Crippen LogP contribution in [-0.4, -0.2) is 30.4 Å². The Kier molecular flexibility index (Phi) is 6.54. The lowest BCUT2D eigenvalue weighted by Crippen LogP contribution is -2.32. The molecule has 2 unspecified atom stereocenters. The highest BCUT2D eigenvalue weighted by molar-refractivity contribution is 6.36. The summed E-state index contributed by atoms with van der Waals surface area (Å²) in [6.07, 6.45) is 2.97. The van der Waals surface area contributed by atoms with Crippen LogP contribution in [0.2, 0.25) is 10.0 Å². The van der Waals surface area contributed by atoms with E-state index in [1.54, 1.807) is 30.1 Å². The smallest absolute Gasteiger partial charge is 0.255 e. The van der Waals surface area contributed by atoms with Gasteiger partial charge in [0, 0.05) is 30.7 Å². The SMILES string of the molecule is CN(CCCC1CC(c2ccccc2)NN1)C(=O)c1ccc(Cl)cc1Cl. The molecule has 1 aliphatic rings. The Morgan fingerprint density at radius 1 is 1.15 bits per heavy atom. The lowest BCUT2D eigenvalue weighted by Gasteiger charge is -2.19. The van der Waals surface area contributed by atoms with Crippen LogP contribution in [0.1, 0.15) is 41.2 Å². The highest BCUT2D eigenvalue weighted by atomic mass is 35.5. The van der Waals surface area contributed by atoms with Crippen LogP contribution in [0.4, 0.5) is 0 Å². The number of benzene rings is 2. The van der Waals surface area contributed by atoms with E-state index in [0.29, 0.717) is 34.2 Å². The lowest BCUT2D eigenvalue weighted by molar-refractivity contribution is 0.0792. The van der Waals surface area contributed by atoms with Crippen molar-refractivity contribution in [1.82, 2.24) is 15.8 Å². The number of hydrogen-bond donors (Lipinski definition) is 2. The van der Waals surface area contributed by atoms with Crippen molar-refractivity contribution in [3.8, 4) is 0 Å². The van der Waals surface area contributed by atoms with E-state index in [0.717, 1.165) is 19.3 Å². The van der Waals surface area contributed by atoms with Crippen molar-refractivity contribution in [3.05, 3.63) is 69.7 Å². The molecule has 0 aromatic heterocycles. The molecule has 2 aromatic carbocycles. The molecule has 4 nitrogen and oxygen atoms in total. The Balaban J connectivity index is 1.45. The Hall–Kier alpha value is -1.59. The van der Waals surface area contributed by atoms with Crippen LogP contribution < -0.4 is 10.9 Å². The zero-order chi connectivity index (χ0) is 18.5. The molecule has 1 heterocycles. The van der Waals surface area contributed by atoms with Gasteiger partial charge in [0.2, 0.25) is 0 Å². The summed E-state index contributed by atoms with van der Waals surface area (Å²) < 4.78 is 0. The second-order valence-corrected chi connectivity index (χ2v) is 7.52. The van der Waals surface area contributed by atoms with Crippen LogP contribution in [0.25, 0.3) is 0 Å². The van der Waals surface area contributed by atoms with E-state index in [9.17, 15) is 4.79 Å². The minimum absolute atomic E-state index is 0.0775. The summed E-state index contributed by atoms with van der Waals surface area (Å²) in [5.74, 6) is -0.0775. The molecule has 0 radical (unpaired) electrons. The molecule has 2 N–H and O–H groups in total. The number of carbonyl (C=O) groups excluding carboxylic acids is 1. The molecule has 1 fully saturated rings. The molecule has 138 valence electrons. The van der Waals surface area contributed by atoms with Crippen LogP contribution in [0.5, 0.6) is 0 Å². The maximum Gasteiger partial charge on any atom is 0.255 e. The summed E-state index contributed by atoms with van der Waals surface area (Å²) in [5, 5.41) is 0.920. The van der Waals surface area contributed by atoms with Crippen molar-refractivity contribution in [2.45, 2.75) is 31.3 Å². The number of amides is 1. The van der Waals surface area contributed by atoms with Crippen molar-refractivity contribution in [3.63, 3.8) is 0 Å². The fourth-order valence-corrected chi connectivity index (χ4v) is 3.75. The maximum atomic E-state index is 12.5. The summed E-state index contributed by atoms with van der Waals surface area (Å²) >= 11 is 12.0. The molecule has 0 spiro atoms. The monoisotopic (exact) mass is 391 g/mol. The second kappa shape index (κ2) is 8.87. The average molecular weight is 392 g/mol. The molecule has 2 atom stereocenters. The third-order valence-electron chi connectivity index (χ3n) is 4.74. The molecule has 26 heavy (non-hydrogen) atoms. The number of halogens is 2. The largest absolute Gasteiger partial charge is 0.342 e. The van der Waals surface area contributed by atoms with Crippen LogP contribution in [-0.2, 0) is 0 Å². The van der Waals surface area contributed by atoms with Gasteiger partial charge in [-0.05, 0) is 43.0 Å². The van der Waals surface area contributed by atoms with Crippen molar-refractivity contribution < 1.29 is 4.79 Å². The first-order valence-electron chi connectivity index (χ1n) is 8.81. The third kappa shape index (κ3) is 4.77. The van der Waals surface area contributed by atoms with Crippen molar-refractivity contribution in [1.29, 1.82) is 0 Å². The zero-order valence-electron chi connectivity index (χ0n) is 14.7. The van der Waals surface area contributed by atoms with Crippen LogP contribution in [0, 0.1) is 0 Å². The standard InChI is InChI=1S/C20H23Cl2N3O/c1-25(20(26)17-10-9-15(21)12-18(17)22)11-5-8-16-13-19(24-23-16)14-6-3-2-4-7-14/h2-4,6-7,9-10,12,16,19,23-24H,5,8,11,13H2,1H3. The van der Waals surface area contributed by atoms with Crippen molar-refractivity contribution in [2.75, 3.05) is 13.6 Å². The lowest BCUT2D eigenvalue weighted by atomic mass is 10.00. The van der Waals surface area contributed by atoms with Gasteiger partial charge in [-0.2, -0.15) is 0 Å². The highest BCUT2D eigenvalue weighted by Gasteiger charge is 2.24. The highest BCUT2D eigenvalue weighted by Crippen LogP contribution is 2.24. The number of nitrogens with one attached hydrogen (secondary N) is 2. The van der Waals surface area contributed by atoms with Crippen LogP contribution >= 0.6 is 23.2 Å². The third-order valence-corrected chi connectivity index (χ3v) is 5.29.